The first-order valence-corrected chi connectivity index (χ1v) is 8.09. The number of aromatic hydroxyl groups is 1. The number of phenols is 1. The van der Waals surface area contributed by atoms with E-state index in [1.54, 1.807) is 12.1 Å². The minimum absolute atomic E-state index is 0.0233. The van der Waals surface area contributed by atoms with Crippen LogP contribution in [0.1, 0.15) is 16.1 Å². The standard InChI is InChI=1S/C19H12F3N3O3/c20-19(21,22)15-6-9-4-5-10(7-13(9)25-15)24-18(28)11-8-23-12-2-1-3-14(26)16(12)17(11)27/h1-8,25-26H,(H,23,27)(H,24,28). The Balaban J connectivity index is 1.69. The van der Waals surface area contributed by atoms with Crippen LogP contribution in [0.25, 0.3) is 21.8 Å². The third kappa shape index (κ3) is 2.96. The highest BCUT2D eigenvalue weighted by atomic mass is 19.4. The average molecular weight is 387 g/mol. The topological polar surface area (TPSA) is 98.0 Å². The summed E-state index contributed by atoms with van der Waals surface area (Å²) < 4.78 is 38.4. The molecule has 9 heteroatoms. The number of carbonyl (C=O) groups is 1. The van der Waals surface area contributed by atoms with Crippen molar-refractivity contribution >= 4 is 33.4 Å². The van der Waals surface area contributed by atoms with Gasteiger partial charge in [-0.1, -0.05) is 12.1 Å². The molecule has 0 bridgehead atoms. The molecule has 0 unspecified atom stereocenters. The number of fused-ring (bicyclic) bond motifs is 2. The summed E-state index contributed by atoms with van der Waals surface area (Å²) in [5.74, 6) is -1.02. The number of nitrogens with one attached hydrogen (secondary N) is 3. The van der Waals surface area contributed by atoms with Crippen molar-refractivity contribution in [2.24, 2.45) is 0 Å². The highest BCUT2D eigenvalue weighted by Crippen LogP contribution is 2.32. The Labute approximate surface area is 154 Å². The molecule has 4 rings (SSSR count). The summed E-state index contributed by atoms with van der Waals surface area (Å²) in [7, 11) is 0. The minimum atomic E-state index is -4.51. The molecule has 2 aromatic heterocycles. The van der Waals surface area contributed by atoms with Crippen molar-refractivity contribution in [3.05, 3.63) is 70.1 Å². The smallest absolute Gasteiger partial charge is 0.431 e. The van der Waals surface area contributed by atoms with E-state index in [4.69, 9.17) is 0 Å². The number of anilines is 1. The van der Waals surface area contributed by atoms with Gasteiger partial charge in [-0.2, -0.15) is 13.2 Å². The molecule has 0 saturated carbocycles. The molecule has 0 saturated heterocycles. The second kappa shape index (κ2) is 6.15. The molecular formula is C19H12F3N3O3. The number of benzene rings is 2. The lowest BCUT2D eigenvalue weighted by molar-refractivity contribution is -0.140. The van der Waals surface area contributed by atoms with E-state index < -0.39 is 23.2 Å². The number of carbonyl (C=O) groups excluding carboxylic acids is 1. The fourth-order valence-electron chi connectivity index (χ4n) is 2.97. The van der Waals surface area contributed by atoms with E-state index >= 15 is 0 Å². The molecule has 0 atom stereocenters. The third-order valence-electron chi connectivity index (χ3n) is 4.32. The molecule has 0 aliphatic carbocycles. The summed E-state index contributed by atoms with van der Waals surface area (Å²) in [6.07, 6.45) is -3.29. The summed E-state index contributed by atoms with van der Waals surface area (Å²) in [5, 5.41) is 12.7. The molecule has 0 radical (unpaired) electrons. The van der Waals surface area contributed by atoms with Gasteiger partial charge >= 0.3 is 6.18 Å². The summed E-state index contributed by atoms with van der Waals surface area (Å²) in [5.41, 5.74) is -1.03. The first-order valence-electron chi connectivity index (χ1n) is 8.09. The van der Waals surface area contributed by atoms with Gasteiger partial charge in [0.2, 0.25) is 5.43 Å². The van der Waals surface area contributed by atoms with Gasteiger partial charge in [0, 0.05) is 22.8 Å². The normalized spacial score (nSPS) is 11.8. The third-order valence-corrected chi connectivity index (χ3v) is 4.32. The van der Waals surface area contributed by atoms with Gasteiger partial charge in [-0.25, -0.2) is 0 Å². The predicted molar refractivity (Wildman–Crippen MR) is 97.5 cm³/mol. The summed E-state index contributed by atoms with van der Waals surface area (Å²) in [6, 6.07) is 9.63. The molecule has 0 aliphatic heterocycles. The predicted octanol–water partition coefficient (Wildman–Crippen LogP) is 3.99. The monoisotopic (exact) mass is 387 g/mol. The fourth-order valence-corrected chi connectivity index (χ4v) is 2.97. The van der Waals surface area contributed by atoms with E-state index in [9.17, 15) is 27.9 Å². The van der Waals surface area contributed by atoms with Gasteiger partial charge in [-0.05, 0) is 30.3 Å². The van der Waals surface area contributed by atoms with Crippen molar-refractivity contribution in [2.75, 3.05) is 5.32 Å². The number of rotatable bonds is 2. The molecule has 2 heterocycles. The van der Waals surface area contributed by atoms with Gasteiger partial charge in [0.05, 0.1) is 10.9 Å². The summed E-state index contributed by atoms with van der Waals surface area (Å²) in [4.78, 5) is 30.0. The number of aromatic amines is 2. The lowest BCUT2D eigenvalue weighted by Crippen LogP contribution is -2.22. The zero-order valence-corrected chi connectivity index (χ0v) is 14.0. The highest BCUT2D eigenvalue weighted by Gasteiger charge is 2.32. The molecule has 4 aromatic rings. The van der Waals surface area contributed by atoms with Gasteiger partial charge in [-0.3, -0.25) is 9.59 Å². The van der Waals surface area contributed by atoms with E-state index in [0.717, 1.165) is 6.07 Å². The van der Waals surface area contributed by atoms with Gasteiger partial charge in [-0.15, -0.1) is 0 Å². The van der Waals surface area contributed by atoms with Crippen molar-refractivity contribution in [1.82, 2.24) is 9.97 Å². The molecule has 0 fully saturated rings. The maximum Gasteiger partial charge on any atom is 0.431 e. The Morgan fingerprint density at radius 3 is 2.61 bits per heavy atom. The minimum Gasteiger partial charge on any atom is -0.507 e. The van der Waals surface area contributed by atoms with Gasteiger partial charge < -0.3 is 20.4 Å². The molecule has 4 N–H and O–H groups in total. The van der Waals surface area contributed by atoms with Crippen LogP contribution in [0.15, 0.2) is 53.5 Å². The second-order valence-corrected chi connectivity index (χ2v) is 6.17. The van der Waals surface area contributed by atoms with E-state index in [0.29, 0.717) is 10.9 Å². The van der Waals surface area contributed by atoms with Gasteiger partial charge in [0.15, 0.2) is 0 Å². The van der Waals surface area contributed by atoms with Crippen LogP contribution in [0.5, 0.6) is 5.75 Å². The van der Waals surface area contributed by atoms with Crippen molar-refractivity contribution in [1.29, 1.82) is 0 Å². The van der Waals surface area contributed by atoms with Crippen molar-refractivity contribution < 1.29 is 23.1 Å². The van der Waals surface area contributed by atoms with Crippen LogP contribution < -0.4 is 10.7 Å². The number of H-pyrrole nitrogens is 2. The Hall–Kier alpha value is -3.75. The first kappa shape index (κ1) is 17.7. The molecular weight excluding hydrogens is 375 g/mol. The Morgan fingerprint density at radius 1 is 1.07 bits per heavy atom. The molecule has 6 nitrogen and oxygen atoms in total. The van der Waals surface area contributed by atoms with Crippen LogP contribution in [-0.2, 0) is 6.18 Å². The fraction of sp³-hybridized carbons (Fsp3) is 0.0526. The van der Waals surface area contributed by atoms with Gasteiger partial charge in [0.1, 0.15) is 17.0 Å². The van der Waals surface area contributed by atoms with Crippen LogP contribution >= 0.6 is 0 Å². The van der Waals surface area contributed by atoms with Crippen LogP contribution in [-0.4, -0.2) is 21.0 Å². The second-order valence-electron chi connectivity index (χ2n) is 6.17. The largest absolute Gasteiger partial charge is 0.507 e. The zero-order valence-electron chi connectivity index (χ0n) is 14.0. The van der Waals surface area contributed by atoms with Crippen molar-refractivity contribution in [2.45, 2.75) is 6.18 Å². The van der Waals surface area contributed by atoms with Crippen LogP contribution in [0, 0.1) is 0 Å². The van der Waals surface area contributed by atoms with Crippen molar-refractivity contribution in [3.8, 4) is 5.75 Å². The summed E-state index contributed by atoms with van der Waals surface area (Å²) >= 11 is 0. The van der Waals surface area contributed by atoms with Crippen LogP contribution in [0.2, 0.25) is 0 Å². The highest BCUT2D eigenvalue weighted by molar-refractivity contribution is 6.06. The number of alkyl halides is 3. The lowest BCUT2D eigenvalue weighted by atomic mass is 10.1. The SMILES string of the molecule is O=C(Nc1ccc2cc(C(F)(F)F)[nH]c2c1)c1c[nH]c2cccc(O)c2c1=O. The molecule has 1 amide bonds. The number of pyridine rings is 1. The van der Waals surface area contributed by atoms with Crippen LogP contribution in [0.3, 0.4) is 0 Å². The Bertz CT molecular complexity index is 1290. The molecule has 28 heavy (non-hydrogen) atoms. The first-order chi connectivity index (χ1) is 13.2. The number of aromatic nitrogens is 2. The summed E-state index contributed by atoms with van der Waals surface area (Å²) in [6.45, 7) is 0. The van der Waals surface area contributed by atoms with Gasteiger partial charge in [0.25, 0.3) is 5.91 Å². The molecule has 142 valence electrons. The number of hydrogen-bond donors (Lipinski definition) is 4. The van der Waals surface area contributed by atoms with E-state index in [2.05, 4.69) is 15.3 Å². The average Bonchev–Trinajstić information content (AvgIpc) is 3.05. The molecule has 2 aromatic carbocycles. The lowest BCUT2D eigenvalue weighted by Gasteiger charge is -2.07. The van der Waals surface area contributed by atoms with E-state index in [1.807, 2.05) is 0 Å². The number of hydrogen-bond acceptors (Lipinski definition) is 3. The Kier molecular flexibility index (Phi) is 3.88. The zero-order chi connectivity index (χ0) is 20.1. The number of amides is 1. The quantitative estimate of drug-likeness (QED) is 0.419. The molecule has 0 aliphatic rings. The van der Waals surface area contributed by atoms with E-state index in [-0.39, 0.29) is 27.9 Å². The Morgan fingerprint density at radius 2 is 1.86 bits per heavy atom. The van der Waals surface area contributed by atoms with E-state index in [1.165, 1.54) is 30.5 Å². The maximum atomic E-state index is 12.8. The molecule has 0 spiro atoms. The number of phenolic OH excluding ortho intramolecular Hbond substituents is 1. The van der Waals surface area contributed by atoms with Crippen LogP contribution in [0.4, 0.5) is 18.9 Å². The maximum absolute atomic E-state index is 12.8. The van der Waals surface area contributed by atoms with Crippen molar-refractivity contribution in [3.63, 3.8) is 0 Å². The number of halogens is 3.